The van der Waals surface area contributed by atoms with Gasteiger partial charge in [0.15, 0.2) is 0 Å². The Kier molecular flexibility index (Phi) is 7.40. The van der Waals surface area contributed by atoms with E-state index in [1.807, 2.05) is 4.68 Å². The van der Waals surface area contributed by atoms with Crippen molar-refractivity contribution in [2.75, 3.05) is 13.2 Å². The minimum atomic E-state index is -0.472. The van der Waals surface area contributed by atoms with Gasteiger partial charge in [0, 0.05) is 13.0 Å². The minimum absolute atomic E-state index is 0.0641. The van der Waals surface area contributed by atoms with Crippen molar-refractivity contribution in [1.29, 1.82) is 0 Å². The zero-order chi connectivity index (χ0) is 20.1. The Morgan fingerprint density at radius 3 is 2.52 bits per heavy atom. The Morgan fingerprint density at radius 2 is 1.96 bits per heavy atom. The molecule has 0 spiro atoms. The SMILES string of the molecule is CCCOC(C)(C(CCOc1ccc(F)cc1Br)n1cncn1)C(C)(C)C. The smallest absolute Gasteiger partial charge is 0.137 e. The lowest BCUT2D eigenvalue weighted by Crippen LogP contribution is -2.50. The minimum Gasteiger partial charge on any atom is -0.492 e. The molecule has 0 aliphatic heterocycles. The summed E-state index contributed by atoms with van der Waals surface area (Å²) in [5.74, 6) is 0.309. The summed E-state index contributed by atoms with van der Waals surface area (Å²) in [6.45, 7) is 11.9. The standard InChI is InChI=1S/C20H29BrFN3O2/c1-6-10-27-20(5,19(2,3)4)18(25-14-23-13-24-25)9-11-26-17-8-7-15(22)12-16(17)21/h7-8,12-14,18H,6,9-11H2,1-5H3. The highest BCUT2D eigenvalue weighted by Crippen LogP contribution is 2.43. The molecule has 0 saturated heterocycles. The van der Waals surface area contributed by atoms with Crippen LogP contribution >= 0.6 is 15.9 Å². The zero-order valence-electron chi connectivity index (χ0n) is 16.7. The first-order valence-electron chi connectivity index (χ1n) is 9.25. The summed E-state index contributed by atoms with van der Waals surface area (Å²) < 4.78 is 28.0. The lowest BCUT2D eigenvalue weighted by molar-refractivity contribution is -0.142. The van der Waals surface area contributed by atoms with Crippen molar-refractivity contribution < 1.29 is 13.9 Å². The van der Waals surface area contributed by atoms with Gasteiger partial charge in [0.2, 0.25) is 0 Å². The molecule has 0 amide bonds. The molecule has 5 nitrogen and oxygen atoms in total. The highest BCUT2D eigenvalue weighted by atomic mass is 79.9. The zero-order valence-corrected chi connectivity index (χ0v) is 18.3. The van der Waals surface area contributed by atoms with Gasteiger partial charge >= 0.3 is 0 Å². The molecule has 2 rings (SSSR count). The Hall–Kier alpha value is -1.47. The molecule has 2 unspecified atom stereocenters. The molecule has 0 radical (unpaired) electrons. The van der Waals surface area contributed by atoms with E-state index in [9.17, 15) is 4.39 Å². The molecule has 1 aromatic heterocycles. The molecule has 1 heterocycles. The van der Waals surface area contributed by atoms with Crippen LogP contribution in [0.25, 0.3) is 0 Å². The second-order valence-electron chi connectivity index (χ2n) is 7.81. The average molecular weight is 442 g/mol. The molecule has 0 saturated carbocycles. The van der Waals surface area contributed by atoms with Crippen LogP contribution in [0.5, 0.6) is 5.75 Å². The van der Waals surface area contributed by atoms with Crippen LogP contribution in [0.1, 0.15) is 53.5 Å². The van der Waals surface area contributed by atoms with Crippen molar-refractivity contribution in [2.24, 2.45) is 5.41 Å². The number of nitrogens with zero attached hydrogens (tertiary/aromatic N) is 3. The van der Waals surface area contributed by atoms with E-state index >= 15 is 0 Å². The quantitative estimate of drug-likeness (QED) is 0.520. The van der Waals surface area contributed by atoms with Crippen molar-refractivity contribution in [3.8, 4) is 5.75 Å². The molecule has 0 fully saturated rings. The Morgan fingerprint density at radius 1 is 1.22 bits per heavy atom. The molecule has 0 aliphatic rings. The summed E-state index contributed by atoms with van der Waals surface area (Å²) in [7, 11) is 0. The van der Waals surface area contributed by atoms with Crippen LogP contribution in [-0.4, -0.2) is 33.6 Å². The van der Waals surface area contributed by atoms with Crippen LogP contribution in [0, 0.1) is 11.2 Å². The normalized spacial score (nSPS) is 15.4. The van der Waals surface area contributed by atoms with Crippen LogP contribution in [-0.2, 0) is 4.74 Å². The molecule has 150 valence electrons. The van der Waals surface area contributed by atoms with Gasteiger partial charge in [-0.2, -0.15) is 5.10 Å². The first-order chi connectivity index (χ1) is 12.7. The monoisotopic (exact) mass is 441 g/mol. The molecular formula is C20H29BrFN3O2. The third-order valence-electron chi connectivity index (χ3n) is 5.03. The predicted molar refractivity (Wildman–Crippen MR) is 107 cm³/mol. The van der Waals surface area contributed by atoms with Gasteiger partial charge in [-0.3, -0.25) is 0 Å². The van der Waals surface area contributed by atoms with Crippen LogP contribution in [0.4, 0.5) is 4.39 Å². The van der Waals surface area contributed by atoms with E-state index in [4.69, 9.17) is 9.47 Å². The number of rotatable bonds is 9. The maximum Gasteiger partial charge on any atom is 0.137 e. The molecule has 0 bridgehead atoms. The summed E-state index contributed by atoms with van der Waals surface area (Å²) >= 11 is 3.34. The molecular weight excluding hydrogens is 413 g/mol. The van der Waals surface area contributed by atoms with E-state index in [-0.39, 0.29) is 17.3 Å². The number of aromatic nitrogens is 3. The maximum atomic E-state index is 13.3. The Balaban J connectivity index is 2.21. The second kappa shape index (κ2) is 9.15. The van der Waals surface area contributed by atoms with Gasteiger partial charge in [0.05, 0.1) is 22.7 Å². The lowest BCUT2D eigenvalue weighted by atomic mass is 9.72. The van der Waals surface area contributed by atoms with Crippen LogP contribution in [0.3, 0.4) is 0 Å². The number of hydrogen-bond acceptors (Lipinski definition) is 4. The molecule has 7 heteroatoms. The van der Waals surface area contributed by atoms with Gasteiger partial charge in [-0.25, -0.2) is 14.1 Å². The van der Waals surface area contributed by atoms with E-state index in [2.05, 4.69) is 60.6 Å². The van der Waals surface area contributed by atoms with Gasteiger partial charge in [-0.05, 0) is 52.9 Å². The summed E-state index contributed by atoms with van der Waals surface area (Å²) in [5.41, 5.74) is -0.602. The summed E-state index contributed by atoms with van der Waals surface area (Å²) in [4.78, 5) is 4.12. The van der Waals surface area contributed by atoms with Crippen LogP contribution < -0.4 is 4.74 Å². The fraction of sp³-hybridized carbons (Fsp3) is 0.600. The summed E-state index contributed by atoms with van der Waals surface area (Å²) in [5, 5.41) is 4.37. The average Bonchev–Trinajstić information content (AvgIpc) is 3.11. The van der Waals surface area contributed by atoms with Gasteiger partial charge in [0.1, 0.15) is 24.2 Å². The first kappa shape index (κ1) is 21.8. The number of ether oxygens (including phenoxy) is 2. The highest BCUT2D eigenvalue weighted by Gasteiger charge is 2.46. The van der Waals surface area contributed by atoms with E-state index in [0.717, 1.165) is 6.42 Å². The summed E-state index contributed by atoms with van der Waals surface area (Å²) in [6, 6.07) is 4.35. The summed E-state index contributed by atoms with van der Waals surface area (Å²) in [6.07, 6.45) is 4.87. The van der Waals surface area contributed by atoms with Crippen LogP contribution in [0.2, 0.25) is 0 Å². The molecule has 27 heavy (non-hydrogen) atoms. The molecule has 2 atom stereocenters. The number of benzene rings is 1. The molecule has 0 aliphatic carbocycles. The van der Waals surface area contributed by atoms with E-state index in [1.165, 1.54) is 18.5 Å². The third kappa shape index (κ3) is 5.29. The Bertz CT molecular complexity index is 719. The largest absolute Gasteiger partial charge is 0.492 e. The van der Waals surface area contributed by atoms with Crippen molar-refractivity contribution in [3.63, 3.8) is 0 Å². The molecule has 0 N–H and O–H groups in total. The second-order valence-corrected chi connectivity index (χ2v) is 8.66. The van der Waals surface area contributed by atoms with Crippen molar-refractivity contribution in [3.05, 3.63) is 41.1 Å². The van der Waals surface area contributed by atoms with Crippen molar-refractivity contribution in [1.82, 2.24) is 14.8 Å². The maximum absolute atomic E-state index is 13.3. The first-order valence-corrected chi connectivity index (χ1v) is 10.0. The number of halogens is 2. The van der Waals surface area contributed by atoms with Crippen molar-refractivity contribution in [2.45, 2.75) is 59.1 Å². The van der Waals surface area contributed by atoms with E-state index in [0.29, 0.717) is 29.9 Å². The Labute approximate surface area is 169 Å². The van der Waals surface area contributed by atoms with Gasteiger partial charge in [-0.15, -0.1) is 0 Å². The fourth-order valence-corrected chi connectivity index (χ4v) is 3.50. The van der Waals surface area contributed by atoms with Crippen LogP contribution in [0.15, 0.2) is 35.3 Å². The van der Waals surface area contributed by atoms with Gasteiger partial charge < -0.3 is 9.47 Å². The molecule has 1 aromatic carbocycles. The topological polar surface area (TPSA) is 49.2 Å². The van der Waals surface area contributed by atoms with E-state index < -0.39 is 5.60 Å². The van der Waals surface area contributed by atoms with Gasteiger partial charge in [-0.1, -0.05) is 27.7 Å². The van der Waals surface area contributed by atoms with Crippen molar-refractivity contribution >= 4 is 15.9 Å². The lowest BCUT2D eigenvalue weighted by Gasteiger charge is -2.47. The molecule has 2 aromatic rings. The third-order valence-corrected chi connectivity index (χ3v) is 5.65. The van der Waals surface area contributed by atoms with Gasteiger partial charge in [0.25, 0.3) is 0 Å². The van der Waals surface area contributed by atoms with E-state index in [1.54, 1.807) is 12.4 Å². The fourth-order valence-electron chi connectivity index (χ4n) is 3.04. The highest BCUT2D eigenvalue weighted by molar-refractivity contribution is 9.10. The predicted octanol–water partition coefficient (Wildman–Crippen LogP) is 5.42. The number of hydrogen-bond donors (Lipinski definition) is 0.